The fourth-order valence-corrected chi connectivity index (χ4v) is 5.57. The summed E-state index contributed by atoms with van der Waals surface area (Å²) in [7, 11) is -3.57. The van der Waals surface area contributed by atoms with Crippen LogP contribution in [0, 0.1) is 12.7 Å². The van der Waals surface area contributed by atoms with E-state index in [1.807, 2.05) is 6.92 Å². The van der Waals surface area contributed by atoms with Crippen LogP contribution in [-0.2, 0) is 10.0 Å². The van der Waals surface area contributed by atoms with Crippen LogP contribution in [0.1, 0.15) is 42.3 Å². The zero-order valence-corrected chi connectivity index (χ0v) is 17.6. The number of nitrogens with one attached hydrogen (secondary N) is 1. The van der Waals surface area contributed by atoms with Crippen LogP contribution in [0.3, 0.4) is 0 Å². The molecule has 2 aromatic carbocycles. The van der Waals surface area contributed by atoms with E-state index in [1.54, 1.807) is 23.4 Å². The molecule has 1 saturated heterocycles. The van der Waals surface area contributed by atoms with Gasteiger partial charge in [-0.05, 0) is 69.2 Å². The van der Waals surface area contributed by atoms with Crippen LogP contribution in [0.25, 0.3) is 11.0 Å². The molecule has 0 aliphatic carbocycles. The van der Waals surface area contributed by atoms with Crippen molar-refractivity contribution in [3.05, 3.63) is 59.6 Å². The maximum absolute atomic E-state index is 13.5. The van der Waals surface area contributed by atoms with Gasteiger partial charge in [0.2, 0.25) is 10.0 Å². The van der Waals surface area contributed by atoms with Crippen LogP contribution < -0.4 is 5.32 Å². The predicted molar refractivity (Wildman–Crippen MR) is 113 cm³/mol. The van der Waals surface area contributed by atoms with E-state index in [4.69, 9.17) is 4.42 Å². The molecule has 6 nitrogen and oxygen atoms in total. The van der Waals surface area contributed by atoms with Crippen molar-refractivity contribution in [1.29, 1.82) is 0 Å². The lowest BCUT2D eigenvalue weighted by atomic mass is 10.1. The second-order valence-corrected chi connectivity index (χ2v) is 9.53. The minimum atomic E-state index is -3.57. The molecule has 4 rings (SSSR count). The highest BCUT2D eigenvalue weighted by Gasteiger charge is 2.30. The summed E-state index contributed by atoms with van der Waals surface area (Å²) in [5, 5.41) is 3.25. The first-order valence-electron chi connectivity index (χ1n) is 9.89. The van der Waals surface area contributed by atoms with Crippen LogP contribution in [0.5, 0.6) is 0 Å². The number of sulfonamides is 1. The van der Waals surface area contributed by atoms with Gasteiger partial charge in [-0.25, -0.2) is 12.8 Å². The minimum absolute atomic E-state index is 0.0240. The second-order valence-electron chi connectivity index (χ2n) is 7.64. The van der Waals surface area contributed by atoms with Gasteiger partial charge in [0, 0.05) is 29.2 Å². The number of nitrogens with zero attached hydrogens (tertiary/aromatic N) is 1. The average molecular weight is 431 g/mol. The number of halogens is 1. The molecule has 0 spiro atoms. The van der Waals surface area contributed by atoms with Crippen molar-refractivity contribution >= 4 is 32.6 Å². The third-order valence-electron chi connectivity index (χ3n) is 5.57. The quantitative estimate of drug-likeness (QED) is 0.651. The Hall–Kier alpha value is -2.71. The number of hydrogen-bond donors (Lipinski definition) is 1. The predicted octanol–water partition coefficient (Wildman–Crippen LogP) is 4.70. The lowest BCUT2D eigenvalue weighted by molar-refractivity contribution is 0.0998. The summed E-state index contributed by atoms with van der Waals surface area (Å²) in [5.41, 5.74) is 1.41. The minimum Gasteiger partial charge on any atom is -0.451 e. The summed E-state index contributed by atoms with van der Waals surface area (Å²) in [6.45, 7) is 4.14. The van der Waals surface area contributed by atoms with Crippen molar-refractivity contribution in [1.82, 2.24) is 4.31 Å². The van der Waals surface area contributed by atoms with Gasteiger partial charge in [-0.2, -0.15) is 4.31 Å². The Balaban J connectivity index is 1.54. The summed E-state index contributed by atoms with van der Waals surface area (Å²) in [4.78, 5) is 12.8. The molecule has 1 amide bonds. The van der Waals surface area contributed by atoms with Crippen molar-refractivity contribution in [3.63, 3.8) is 0 Å². The Labute approximate surface area is 174 Å². The lowest BCUT2D eigenvalue weighted by Crippen LogP contribution is -2.41. The number of rotatable bonds is 4. The number of hydrogen-bond acceptors (Lipinski definition) is 4. The highest BCUT2D eigenvalue weighted by atomic mass is 32.2. The zero-order valence-electron chi connectivity index (χ0n) is 16.8. The first-order valence-corrected chi connectivity index (χ1v) is 11.3. The molecule has 158 valence electrons. The van der Waals surface area contributed by atoms with Gasteiger partial charge < -0.3 is 9.73 Å². The van der Waals surface area contributed by atoms with Gasteiger partial charge in [-0.3, -0.25) is 4.79 Å². The molecular formula is C22H23FN2O4S. The molecule has 1 atom stereocenters. The first kappa shape index (κ1) is 20.6. The number of furan rings is 1. The van der Waals surface area contributed by atoms with Crippen LogP contribution in [0.15, 0.2) is 51.8 Å². The van der Waals surface area contributed by atoms with Crippen LogP contribution in [-0.4, -0.2) is 31.2 Å². The van der Waals surface area contributed by atoms with E-state index in [2.05, 4.69) is 5.32 Å². The maximum Gasteiger partial charge on any atom is 0.291 e. The van der Waals surface area contributed by atoms with Crippen LogP contribution >= 0.6 is 0 Å². The summed E-state index contributed by atoms with van der Waals surface area (Å²) in [5.74, 6) is -0.794. The van der Waals surface area contributed by atoms with E-state index in [0.29, 0.717) is 28.8 Å². The number of fused-ring (bicyclic) bond motifs is 1. The third-order valence-corrected chi connectivity index (χ3v) is 7.59. The Bertz CT molecular complexity index is 1200. The standard InChI is InChI=1S/C22H23FN2O4S/c1-14-5-3-4-12-25(14)30(27,28)18-9-7-17(8-10-18)24-22(26)21-15(2)19-13-16(23)6-11-20(19)29-21/h6-11,13-14H,3-5,12H2,1-2H3,(H,24,26)/t14-/m0/s1. The van der Waals surface area contributed by atoms with E-state index in [0.717, 1.165) is 19.3 Å². The third kappa shape index (κ3) is 3.73. The summed E-state index contributed by atoms with van der Waals surface area (Å²) < 4.78 is 46.4. The fraction of sp³-hybridized carbons (Fsp3) is 0.318. The van der Waals surface area contributed by atoms with Gasteiger partial charge in [0.15, 0.2) is 5.76 Å². The Morgan fingerprint density at radius 3 is 2.60 bits per heavy atom. The molecule has 1 aromatic heterocycles. The number of piperidine rings is 1. The largest absolute Gasteiger partial charge is 0.451 e. The van der Waals surface area contributed by atoms with Gasteiger partial charge in [0.25, 0.3) is 5.91 Å². The van der Waals surface area contributed by atoms with Crippen molar-refractivity contribution in [2.45, 2.75) is 44.0 Å². The van der Waals surface area contributed by atoms with E-state index in [9.17, 15) is 17.6 Å². The molecule has 0 unspecified atom stereocenters. The highest BCUT2D eigenvalue weighted by molar-refractivity contribution is 7.89. The van der Waals surface area contributed by atoms with Gasteiger partial charge >= 0.3 is 0 Å². The average Bonchev–Trinajstić information content (AvgIpc) is 3.05. The molecular weight excluding hydrogens is 407 g/mol. The number of benzene rings is 2. The van der Waals surface area contributed by atoms with Gasteiger partial charge in [-0.15, -0.1) is 0 Å². The smallest absolute Gasteiger partial charge is 0.291 e. The maximum atomic E-state index is 13.5. The number of amides is 1. The summed E-state index contributed by atoms with van der Waals surface area (Å²) in [6, 6.07) is 10.1. The monoisotopic (exact) mass is 430 g/mol. The van der Waals surface area contributed by atoms with Crippen molar-refractivity contribution < 1.29 is 22.0 Å². The van der Waals surface area contributed by atoms with Crippen molar-refractivity contribution in [2.75, 3.05) is 11.9 Å². The molecule has 1 aliphatic heterocycles. The van der Waals surface area contributed by atoms with Crippen molar-refractivity contribution in [2.24, 2.45) is 0 Å². The topological polar surface area (TPSA) is 79.6 Å². The normalized spacial score (nSPS) is 17.9. The van der Waals surface area contributed by atoms with E-state index < -0.39 is 21.7 Å². The fourth-order valence-electron chi connectivity index (χ4n) is 3.87. The molecule has 8 heteroatoms. The van der Waals surface area contributed by atoms with Crippen LogP contribution in [0.2, 0.25) is 0 Å². The van der Waals surface area contributed by atoms with E-state index in [-0.39, 0.29) is 16.7 Å². The zero-order chi connectivity index (χ0) is 21.5. The Morgan fingerprint density at radius 2 is 1.90 bits per heavy atom. The SMILES string of the molecule is Cc1c(C(=O)Nc2ccc(S(=O)(=O)N3CCCC[C@@H]3C)cc2)oc2ccc(F)cc12. The molecule has 0 saturated carbocycles. The molecule has 2 heterocycles. The summed E-state index contributed by atoms with van der Waals surface area (Å²) in [6.07, 6.45) is 2.75. The van der Waals surface area contributed by atoms with Gasteiger partial charge in [0.1, 0.15) is 11.4 Å². The summed E-state index contributed by atoms with van der Waals surface area (Å²) >= 11 is 0. The molecule has 3 aromatic rings. The first-order chi connectivity index (χ1) is 14.3. The molecule has 0 radical (unpaired) electrons. The number of aryl methyl sites for hydroxylation is 1. The Kier molecular flexibility index (Phi) is 5.38. The van der Waals surface area contributed by atoms with E-state index >= 15 is 0 Å². The Morgan fingerprint density at radius 1 is 1.17 bits per heavy atom. The number of carbonyl (C=O) groups excluding carboxylic acids is 1. The van der Waals surface area contributed by atoms with Gasteiger partial charge in [0.05, 0.1) is 4.90 Å². The van der Waals surface area contributed by atoms with Gasteiger partial charge in [-0.1, -0.05) is 6.42 Å². The molecule has 30 heavy (non-hydrogen) atoms. The molecule has 1 aliphatic rings. The van der Waals surface area contributed by atoms with Crippen LogP contribution in [0.4, 0.5) is 10.1 Å². The molecule has 0 bridgehead atoms. The molecule has 1 N–H and O–H groups in total. The highest BCUT2D eigenvalue weighted by Crippen LogP contribution is 2.28. The van der Waals surface area contributed by atoms with Crippen molar-refractivity contribution in [3.8, 4) is 0 Å². The number of carbonyl (C=O) groups is 1. The van der Waals surface area contributed by atoms with E-state index in [1.165, 1.54) is 30.3 Å². The molecule has 1 fully saturated rings. The number of anilines is 1. The lowest BCUT2D eigenvalue weighted by Gasteiger charge is -2.32. The second kappa shape index (κ2) is 7.85.